The van der Waals surface area contributed by atoms with Crippen molar-refractivity contribution in [1.82, 2.24) is 20.2 Å². The molecule has 24 heavy (non-hydrogen) atoms. The fraction of sp³-hybridized carbons (Fsp3) is 0.125. The summed E-state index contributed by atoms with van der Waals surface area (Å²) < 4.78 is 0.862. The van der Waals surface area contributed by atoms with Crippen LogP contribution < -0.4 is 5.32 Å². The average molecular weight is 407 g/mol. The Morgan fingerprint density at radius 3 is 2.79 bits per heavy atom. The molecular formula is C16H13BrClN5O. The highest BCUT2D eigenvalue weighted by Gasteiger charge is 2.19. The van der Waals surface area contributed by atoms with Gasteiger partial charge in [0.25, 0.3) is 5.91 Å². The van der Waals surface area contributed by atoms with Gasteiger partial charge in [-0.1, -0.05) is 45.7 Å². The van der Waals surface area contributed by atoms with Gasteiger partial charge in [-0.3, -0.25) is 4.79 Å². The second-order valence-corrected chi connectivity index (χ2v) is 6.38. The summed E-state index contributed by atoms with van der Waals surface area (Å²) in [4.78, 5) is 13.6. The van der Waals surface area contributed by atoms with Crippen LogP contribution in [0.25, 0.3) is 11.4 Å². The highest BCUT2D eigenvalue weighted by molar-refractivity contribution is 9.10. The van der Waals surface area contributed by atoms with Crippen molar-refractivity contribution in [2.24, 2.45) is 0 Å². The molecule has 0 saturated carbocycles. The van der Waals surface area contributed by atoms with E-state index in [2.05, 4.69) is 36.7 Å². The quantitative estimate of drug-likeness (QED) is 0.712. The maximum Gasteiger partial charge on any atom is 0.250 e. The van der Waals surface area contributed by atoms with E-state index in [4.69, 9.17) is 11.6 Å². The van der Waals surface area contributed by atoms with Crippen LogP contribution in [-0.2, 0) is 4.79 Å². The van der Waals surface area contributed by atoms with Crippen LogP contribution in [0.15, 0.2) is 53.0 Å². The van der Waals surface area contributed by atoms with Gasteiger partial charge in [0.05, 0.1) is 0 Å². The summed E-state index contributed by atoms with van der Waals surface area (Å²) in [6, 6.07) is 13.9. The van der Waals surface area contributed by atoms with Crippen molar-refractivity contribution in [3.05, 3.63) is 58.0 Å². The molecule has 0 aliphatic heterocycles. The fourth-order valence-electron chi connectivity index (χ4n) is 2.06. The van der Waals surface area contributed by atoms with Crippen LogP contribution in [0.4, 0.5) is 5.69 Å². The average Bonchev–Trinajstić information content (AvgIpc) is 3.04. The number of carbonyl (C=O) groups is 1. The van der Waals surface area contributed by atoms with E-state index in [9.17, 15) is 4.79 Å². The van der Waals surface area contributed by atoms with Gasteiger partial charge in [-0.2, -0.15) is 4.80 Å². The zero-order chi connectivity index (χ0) is 17.1. The molecule has 2 aromatic carbocycles. The second-order valence-electron chi connectivity index (χ2n) is 5.09. The van der Waals surface area contributed by atoms with Crippen molar-refractivity contribution >= 4 is 39.1 Å². The number of nitrogens with one attached hydrogen (secondary N) is 1. The first-order valence-electron chi connectivity index (χ1n) is 7.15. The number of aromatic nitrogens is 4. The zero-order valence-electron chi connectivity index (χ0n) is 12.6. The number of halogens is 2. The predicted octanol–water partition coefficient (Wildman–Crippen LogP) is 3.96. The first kappa shape index (κ1) is 16.6. The molecule has 1 heterocycles. The number of benzene rings is 2. The number of amides is 1. The van der Waals surface area contributed by atoms with Crippen molar-refractivity contribution in [3.8, 4) is 11.4 Å². The van der Waals surface area contributed by atoms with E-state index >= 15 is 0 Å². The normalized spacial score (nSPS) is 12.0. The Morgan fingerprint density at radius 1 is 1.25 bits per heavy atom. The molecule has 1 atom stereocenters. The van der Waals surface area contributed by atoms with E-state index in [1.54, 1.807) is 31.2 Å². The Morgan fingerprint density at radius 2 is 2.04 bits per heavy atom. The van der Waals surface area contributed by atoms with E-state index < -0.39 is 6.04 Å². The topological polar surface area (TPSA) is 72.7 Å². The molecule has 0 radical (unpaired) electrons. The number of anilines is 1. The molecule has 0 fully saturated rings. The van der Waals surface area contributed by atoms with Crippen LogP contribution in [-0.4, -0.2) is 26.1 Å². The van der Waals surface area contributed by atoms with E-state index in [1.165, 1.54) is 4.80 Å². The van der Waals surface area contributed by atoms with Gasteiger partial charge in [0.15, 0.2) is 0 Å². The van der Waals surface area contributed by atoms with Gasteiger partial charge >= 0.3 is 0 Å². The summed E-state index contributed by atoms with van der Waals surface area (Å²) in [5, 5.41) is 15.6. The molecule has 0 saturated heterocycles. The largest absolute Gasteiger partial charge is 0.324 e. The molecule has 3 aromatic rings. The van der Waals surface area contributed by atoms with Crippen LogP contribution in [0.1, 0.15) is 13.0 Å². The van der Waals surface area contributed by atoms with Crippen LogP contribution >= 0.6 is 27.5 Å². The number of rotatable bonds is 4. The van der Waals surface area contributed by atoms with Gasteiger partial charge in [0.2, 0.25) is 5.82 Å². The minimum Gasteiger partial charge on any atom is -0.324 e. The Balaban J connectivity index is 1.77. The van der Waals surface area contributed by atoms with E-state index in [1.807, 2.05) is 24.3 Å². The molecule has 122 valence electrons. The fourth-order valence-corrected chi connectivity index (χ4v) is 2.71. The van der Waals surface area contributed by atoms with E-state index in [0.717, 1.165) is 10.0 Å². The summed E-state index contributed by atoms with van der Waals surface area (Å²) >= 11 is 9.37. The summed E-state index contributed by atoms with van der Waals surface area (Å²) in [7, 11) is 0. The predicted molar refractivity (Wildman–Crippen MR) is 95.7 cm³/mol. The van der Waals surface area contributed by atoms with Crippen molar-refractivity contribution in [3.63, 3.8) is 0 Å². The Hall–Kier alpha value is -2.25. The molecule has 0 aliphatic carbocycles. The number of hydrogen-bond donors (Lipinski definition) is 1. The third kappa shape index (κ3) is 3.63. The van der Waals surface area contributed by atoms with Gasteiger partial charge in [-0.15, -0.1) is 10.2 Å². The van der Waals surface area contributed by atoms with Crippen molar-refractivity contribution in [2.75, 3.05) is 5.32 Å². The first-order valence-corrected chi connectivity index (χ1v) is 8.32. The number of carbonyl (C=O) groups excluding carboxylic acids is 1. The summed E-state index contributed by atoms with van der Waals surface area (Å²) in [6.07, 6.45) is 0. The summed E-state index contributed by atoms with van der Waals surface area (Å²) in [6.45, 7) is 1.70. The van der Waals surface area contributed by atoms with Crippen LogP contribution in [0.3, 0.4) is 0 Å². The maximum atomic E-state index is 12.3. The first-order chi connectivity index (χ1) is 11.5. The molecule has 0 bridgehead atoms. The molecule has 0 aliphatic rings. The third-order valence-electron chi connectivity index (χ3n) is 3.36. The number of nitrogens with zero attached hydrogens (tertiary/aromatic N) is 4. The monoisotopic (exact) mass is 405 g/mol. The van der Waals surface area contributed by atoms with E-state index in [-0.39, 0.29) is 5.91 Å². The minimum absolute atomic E-state index is 0.256. The second kappa shape index (κ2) is 7.11. The SMILES string of the molecule is C[C@@H](C(=O)Nc1cccc(Cl)c1)n1nnc(-c2ccccc2Br)n1. The van der Waals surface area contributed by atoms with Gasteiger partial charge in [0, 0.05) is 20.7 Å². The lowest BCUT2D eigenvalue weighted by Crippen LogP contribution is -2.25. The Labute approximate surface area is 152 Å². The highest BCUT2D eigenvalue weighted by atomic mass is 79.9. The molecule has 8 heteroatoms. The third-order valence-corrected chi connectivity index (χ3v) is 4.29. The molecule has 3 rings (SSSR count). The van der Waals surface area contributed by atoms with Crippen molar-refractivity contribution in [2.45, 2.75) is 13.0 Å². The summed E-state index contributed by atoms with van der Waals surface area (Å²) in [5.41, 5.74) is 1.43. The van der Waals surface area contributed by atoms with Gasteiger partial charge in [-0.05, 0) is 42.5 Å². The van der Waals surface area contributed by atoms with Crippen LogP contribution in [0.2, 0.25) is 5.02 Å². The summed E-state index contributed by atoms with van der Waals surface area (Å²) in [5.74, 6) is 0.193. The Bertz CT molecular complexity index is 882. The maximum absolute atomic E-state index is 12.3. The number of tetrazole rings is 1. The molecule has 0 unspecified atom stereocenters. The minimum atomic E-state index is -0.618. The smallest absolute Gasteiger partial charge is 0.250 e. The lowest BCUT2D eigenvalue weighted by molar-refractivity contribution is -0.119. The molecule has 1 amide bonds. The van der Waals surface area contributed by atoms with Crippen LogP contribution in [0.5, 0.6) is 0 Å². The zero-order valence-corrected chi connectivity index (χ0v) is 15.0. The van der Waals surface area contributed by atoms with E-state index in [0.29, 0.717) is 16.5 Å². The van der Waals surface area contributed by atoms with Crippen molar-refractivity contribution < 1.29 is 4.79 Å². The molecule has 0 spiro atoms. The van der Waals surface area contributed by atoms with Crippen molar-refractivity contribution in [1.29, 1.82) is 0 Å². The lowest BCUT2D eigenvalue weighted by atomic mass is 10.2. The molecule has 1 aromatic heterocycles. The van der Waals surface area contributed by atoms with Gasteiger partial charge in [0.1, 0.15) is 6.04 Å². The number of hydrogen-bond acceptors (Lipinski definition) is 4. The lowest BCUT2D eigenvalue weighted by Gasteiger charge is -2.10. The Kier molecular flexibility index (Phi) is 4.92. The highest BCUT2D eigenvalue weighted by Crippen LogP contribution is 2.24. The standard InChI is InChI=1S/C16H13BrClN5O/c1-10(16(24)19-12-6-4-5-11(18)9-12)23-21-15(20-22-23)13-7-2-3-8-14(13)17/h2-10H,1H3,(H,19,24)/t10-/m0/s1. The molecule has 6 nitrogen and oxygen atoms in total. The molecular weight excluding hydrogens is 394 g/mol. The molecule has 1 N–H and O–H groups in total. The van der Waals surface area contributed by atoms with Gasteiger partial charge < -0.3 is 5.32 Å². The van der Waals surface area contributed by atoms with Crippen LogP contribution in [0, 0.1) is 0 Å². The van der Waals surface area contributed by atoms with Gasteiger partial charge in [-0.25, -0.2) is 0 Å².